The molecular weight excluding hydrogens is 406 g/mol. The van der Waals surface area contributed by atoms with Crippen LogP contribution in [0.5, 0.6) is 0 Å². The highest BCUT2D eigenvalue weighted by molar-refractivity contribution is 6.08. The molecule has 1 aliphatic rings. The second-order valence-corrected chi connectivity index (χ2v) is 10.7. The summed E-state index contributed by atoms with van der Waals surface area (Å²) < 4.78 is 34.4. The lowest BCUT2D eigenvalue weighted by Crippen LogP contribution is -2.39. The Hall–Kier alpha value is -3.14. The quantitative estimate of drug-likeness (QED) is 0.290. The van der Waals surface area contributed by atoms with Crippen LogP contribution in [0.4, 0.5) is 0 Å². The van der Waals surface area contributed by atoms with Gasteiger partial charge in [0.2, 0.25) is 5.71 Å². The molecule has 0 radical (unpaired) electrons. The van der Waals surface area contributed by atoms with Gasteiger partial charge in [0.15, 0.2) is 16.6 Å². The van der Waals surface area contributed by atoms with Crippen molar-refractivity contribution < 1.29 is 13.1 Å². The molecule has 6 rings (SSSR count). The number of pyridine rings is 1. The van der Waals surface area contributed by atoms with E-state index in [2.05, 4.69) is 73.1 Å². The number of furan rings is 1. The molecule has 168 valence electrons. The standard InChI is InChI=1S/C29H32N3O/c1-17-9-12-21-22-13-10-18(2)30-27(22)33-26(21)24(17)28-31(6)23-14-11-19(16-29(3,4)5)20-8-7-15-32(28)25(20)23/h9-14H,7-8,15-16H2,1-6H3/q+1/i2D3. The topological polar surface area (TPSA) is 34.8 Å². The van der Waals surface area contributed by atoms with Gasteiger partial charge in [-0.15, -0.1) is 0 Å². The number of imidazole rings is 1. The van der Waals surface area contributed by atoms with Crippen molar-refractivity contribution in [2.24, 2.45) is 12.5 Å². The van der Waals surface area contributed by atoms with Gasteiger partial charge >= 0.3 is 0 Å². The molecule has 0 aliphatic carbocycles. The van der Waals surface area contributed by atoms with Crippen LogP contribution >= 0.6 is 0 Å². The summed E-state index contributed by atoms with van der Waals surface area (Å²) in [5.74, 6) is 1.12. The smallest absolute Gasteiger partial charge is 0.293 e. The van der Waals surface area contributed by atoms with Gasteiger partial charge < -0.3 is 4.42 Å². The van der Waals surface area contributed by atoms with E-state index in [0.717, 1.165) is 59.1 Å². The fourth-order valence-electron chi connectivity index (χ4n) is 5.69. The van der Waals surface area contributed by atoms with E-state index < -0.39 is 6.85 Å². The van der Waals surface area contributed by atoms with Crippen LogP contribution in [0, 0.1) is 19.2 Å². The van der Waals surface area contributed by atoms with Gasteiger partial charge in [0.25, 0.3) is 5.82 Å². The number of nitrogens with zero attached hydrogens (tertiary/aromatic N) is 3. The fourth-order valence-corrected chi connectivity index (χ4v) is 5.69. The molecule has 0 saturated heterocycles. The van der Waals surface area contributed by atoms with Gasteiger partial charge in [-0.1, -0.05) is 39.0 Å². The van der Waals surface area contributed by atoms with Gasteiger partial charge in [0.1, 0.15) is 5.56 Å². The fraction of sp³-hybridized carbons (Fsp3) is 0.379. The van der Waals surface area contributed by atoms with E-state index in [4.69, 9.17) is 8.53 Å². The lowest BCUT2D eigenvalue weighted by atomic mass is 9.84. The third-order valence-electron chi connectivity index (χ3n) is 7.03. The van der Waals surface area contributed by atoms with Crippen LogP contribution in [0.2, 0.25) is 0 Å². The van der Waals surface area contributed by atoms with E-state index >= 15 is 0 Å². The third kappa shape index (κ3) is 3.03. The van der Waals surface area contributed by atoms with Crippen molar-refractivity contribution in [1.82, 2.24) is 9.55 Å². The highest BCUT2D eigenvalue weighted by Gasteiger charge is 2.33. The highest BCUT2D eigenvalue weighted by atomic mass is 16.3. The van der Waals surface area contributed by atoms with E-state index in [0.29, 0.717) is 5.71 Å². The zero-order valence-electron chi connectivity index (χ0n) is 23.0. The molecule has 0 atom stereocenters. The molecule has 0 N–H and O–H groups in total. The summed E-state index contributed by atoms with van der Waals surface area (Å²) in [6.45, 7) is 7.69. The molecule has 0 fully saturated rings. The Morgan fingerprint density at radius 3 is 2.73 bits per heavy atom. The SMILES string of the molecule is [2H]C([2H])([2H])c1ccc2c(n1)oc1c(-c3n(C)c4ccc(CC(C)(C)C)c5c4[n+]3CCC5)c(C)ccc12. The third-order valence-corrected chi connectivity index (χ3v) is 7.03. The Balaban J connectivity index is 1.65. The van der Waals surface area contributed by atoms with Crippen molar-refractivity contribution in [3.63, 3.8) is 0 Å². The van der Waals surface area contributed by atoms with Crippen molar-refractivity contribution in [2.75, 3.05) is 0 Å². The van der Waals surface area contributed by atoms with E-state index in [-0.39, 0.29) is 11.1 Å². The second kappa shape index (κ2) is 6.93. The molecule has 2 aromatic carbocycles. The van der Waals surface area contributed by atoms with Crippen molar-refractivity contribution in [2.45, 2.75) is 60.4 Å². The van der Waals surface area contributed by atoms with Crippen LogP contribution in [0.25, 0.3) is 44.5 Å². The number of benzene rings is 2. The minimum absolute atomic E-state index is 0.0532. The van der Waals surface area contributed by atoms with Crippen LogP contribution < -0.4 is 4.57 Å². The normalized spacial score (nSPS) is 15.8. The molecule has 4 heteroatoms. The lowest BCUT2D eigenvalue weighted by Gasteiger charge is -2.22. The van der Waals surface area contributed by atoms with Crippen LogP contribution in [0.15, 0.2) is 40.8 Å². The molecular formula is C29H32N3O+. The minimum atomic E-state index is -2.27. The van der Waals surface area contributed by atoms with Crippen LogP contribution in [0.1, 0.15) is 53.7 Å². The summed E-state index contributed by atoms with van der Waals surface area (Å²) in [4.78, 5) is 4.38. The lowest BCUT2D eigenvalue weighted by molar-refractivity contribution is -0.664. The zero-order valence-corrected chi connectivity index (χ0v) is 20.0. The van der Waals surface area contributed by atoms with Gasteiger partial charge in [0.05, 0.1) is 13.6 Å². The molecule has 4 nitrogen and oxygen atoms in total. The Labute approximate surface area is 199 Å². The molecule has 4 heterocycles. The molecule has 0 spiro atoms. The summed E-state index contributed by atoms with van der Waals surface area (Å²) in [5.41, 5.74) is 9.05. The molecule has 1 aliphatic heterocycles. The van der Waals surface area contributed by atoms with Crippen molar-refractivity contribution >= 4 is 33.1 Å². The molecule has 0 unspecified atom stereocenters. The Morgan fingerprint density at radius 1 is 1.12 bits per heavy atom. The van der Waals surface area contributed by atoms with E-state index in [1.165, 1.54) is 22.2 Å². The molecule has 0 bridgehead atoms. The second-order valence-electron chi connectivity index (χ2n) is 10.7. The summed E-state index contributed by atoms with van der Waals surface area (Å²) >= 11 is 0. The predicted octanol–water partition coefficient (Wildman–Crippen LogP) is 6.58. The van der Waals surface area contributed by atoms with Crippen molar-refractivity contribution in [1.29, 1.82) is 0 Å². The average Bonchev–Trinajstić information content (AvgIpc) is 3.30. The van der Waals surface area contributed by atoms with Crippen molar-refractivity contribution in [3.8, 4) is 11.4 Å². The van der Waals surface area contributed by atoms with Gasteiger partial charge in [-0.25, -0.2) is 14.1 Å². The maximum atomic E-state index is 7.76. The minimum Gasteiger partial charge on any atom is -0.437 e. The van der Waals surface area contributed by atoms with E-state index in [1.807, 2.05) is 6.07 Å². The Bertz CT molecular complexity index is 1680. The number of hydrogen-bond donors (Lipinski definition) is 0. The average molecular weight is 442 g/mol. The number of aromatic nitrogens is 3. The monoisotopic (exact) mass is 441 g/mol. The molecule has 0 amide bonds. The van der Waals surface area contributed by atoms with Crippen LogP contribution in [-0.4, -0.2) is 9.55 Å². The molecule has 3 aromatic heterocycles. The first-order valence-electron chi connectivity index (χ1n) is 13.3. The molecule has 5 aromatic rings. The first-order chi connectivity index (χ1) is 16.9. The summed E-state index contributed by atoms with van der Waals surface area (Å²) in [5, 5.41) is 1.79. The number of rotatable bonds is 2. The number of aryl methyl sites for hydroxylation is 5. The largest absolute Gasteiger partial charge is 0.437 e. The number of hydrogen-bond acceptors (Lipinski definition) is 2. The van der Waals surface area contributed by atoms with Gasteiger partial charge in [-0.05, 0) is 67.8 Å². The van der Waals surface area contributed by atoms with Gasteiger partial charge in [-0.3, -0.25) is 0 Å². The van der Waals surface area contributed by atoms with Crippen LogP contribution in [-0.2, 0) is 26.4 Å². The van der Waals surface area contributed by atoms with E-state index in [9.17, 15) is 0 Å². The van der Waals surface area contributed by atoms with Gasteiger partial charge in [0, 0.05) is 26.1 Å². The van der Waals surface area contributed by atoms with Crippen LogP contribution in [0.3, 0.4) is 0 Å². The van der Waals surface area contributed by atoms with Gasteiger partial charge in [-0.2, -0.15) is 0 Å². The Kier molecular flexibility index (Phi) is 3.64. The number of fused-ring (bicyclic) bond motifs is 3. The summed E-state index contributed by atoms with van der Waals surface area (Å²) in [7, 11) is 2.14. The maximum absolute atomic E-state index is 7.76. The molecule has 33 heavy (non-hydrogen) atoms. The summed E-state index contributed by atoms with van der Waals surface area (Å²) in [6.07, 6.45) is 3.25. The summed E-state index contributed by atoms with van der Waals surface area (Å²) in [6, 6.07) is 12.2. The first-order valence-corrected chi connectivity index (χ1v) is 11.8. The zero-order chi connectivity index (χ0) is 25.6. The first kappa shape index (κ1) is 17.4. The van der Waals surface area contributed by atoms with E-state index in [1.54, 1.807) is 6.07 Å². The maximum Gasteiger partial charge on any atom is 0.293 e. The van der Waals surface area contributed by atoms with Crippen molar-refractivity contribution in [3.05, 3.63) is 58.8 Å². The highest BCUT2D eigenvalue weighted by Crippen LogP contribution is 2.39. The predicted molar refractivity (Wildman–Crippen MR) is 135 cm³/mol. The Morgan fingerprint density at radius 2 is 1.94 bits per heavy atom. The molecule has 0 saturated carbocycles.